The first-order valence-electron chi connectivity index (χ1n) is 6.55. The van der Waals surface area contributed by atoms with Gasteiger partial charge in [0.2, 0.25) is 0 Å². The molecule has 0 aliphatic rings. The Balaban J connectivity index is 2.21. The van der Waals surface area contributed by atoms with Crippen molar-refractivity contribution in [1.29, 1.82) is 5.26 Å². The first kappa shape index (κ1) is 16.7. The number of amides is 1. The van der Waals surface area contributed by atoms with Crippen molar-refractivity contribution in [2.75, 3.05) is 12.4 Å². The predicted octanol–water partition coefficient (Wildman–Crippen LogP) is 4.14. The molecule has 6 heteroatoms. The van der Waals surface area contributed by atoms with Gasteiger partial charge in [-0.2, -0.15) is 5.26 Å². The maximum atomic E-state index is 12.8. The summed E-state index contributed by atoms with van der Waals surface area (Å²) in [4.78, 5) is 12.1. The lowest BCUT2D eigenvalue weighted by Gasteiger charge is -2.05. The van der Waals surface area contributed by atoms with Crippen LogP contribution in [0.15, 0.2) is 52.5 Å². The molecule has 1 N–H and O–H groups in total. The van der Waals surface area contributed by atoms with Crippen LogP contribution in [0, 0.1) is 17.1 Å². The molecule has 0 aliphatic carbocycles. The summed E-state index contributed by atoms with van der Waals surface area (Å²) in [5.74, 6) is -0.315. The monoisotopic (exact) mass is 374 g/mol. The Morgan fingerprint density at radius 1 is 1.30 bits per heavy atom. The first-order chi connectivity index (χ1) is 11.0. The molecule has 116 valence electrons. The molecule has 23 heavy (non-hydrogen) atoms. The standard InChI is InChI=1S/C17H12BrFN2O2/c1-23-16-7-2-11(9-15(16)18)8-12(10-20)17(22)21-14-5-3-13(19)4-6-14/h2-9H,1H3,(H,21,22)/b12-8+. The van der Waals surface area contributed by atoms with E-state index in [4.69, 9.17) is 4.74 Å². The van der Waals surface area contributed by atoms with Crippen LogP contribution in [0.3, 0.4) is 0 Å². The lowest BCUT2D eigenvalue weighted by molar-refractivity contribution is -0.112. The Morgan fingerprint density at radius 3 is 2.57 bits per heavy atom. The topological polar surface area (TPSA) is 62.1 Å². The summed E-state index contributed by atoms with van der Waals surface area (Å²) in [5, 5.41) is 11.7. The smallest absolute Gasteiger partial charge is 0.266 e. The number of carbonyl (C=O) groups excluding carboxylic acids is 1. The van der Waals surface area contributed by atoms with Crippen molar-refractivity contribution in [2.45, 2.75) is 0 Å². The van der Waals surface area contributed by atoms with Gasteiger partial charge in [0, 0.05) is 5.69 Å². The number of methoxy groups -OCH3 is 1. The van der Waals surface area contributed by atoms with Crippen LogP contribution in [0.4, 0.5) is 10.1 Å². The summed E-state index contributed by atoms with van der Waals surface area (Å²) in [5.41, 5.74) is 1.02. The van der Waals surface area contributed by atoms with E-state index in [1.165, 1.54) is 30.3 Å². The van der Waals surface area contributed by atoms with Gasteiger partial charge in [-0.25, -0.2) is 4.39 Å². The number of benzene rings is 2. The molecule has 0 saturated heterocycles. The van der Waals surface area contributed by atoms with Gasteiger partial charge in [0.05, 0.1) is 11.6 Å². The fraction of sp³-hybridized carbons (Fsp3) is 0.0588. The SMILES string of the molecule is COc1ccc(/C=C(\C#N)C(=O)Nc2ccc(F)cc2)cc1Br. The fourth-order valence-electron chi connectivity index (χ4n) is 1.82. The largest absolute Gasteiger partial charge is 0.496 e. The van der Waals surface area contributed by atoms with Crippen molar-refractivity contribution < 1.29 is 13.9 Å². The van der Waals surface area contributed by atoms with E-state index in [9.17, 15) is 14.4 Å². The zero-order valence-electron chi connectivity index (χ0n) is 12.1. The third kappa shape index (κ3) is 4.41. The second kappa shape index (κ2) is 7.56. The van der Waals surface area contributed by atoms with E-state index >= 15 is 0 Å². The molecule has 4 nitrogen and oxygen atoms in total. The Morgan fingerprint density at radius 2 is 2.00 bits per heavy atom. The van der Waals surface area contributed by atoms with Crippen LogP contribution in [0.25, 0.3) is 6.08 Å². The van der Waals surface area contributed by atoms with Crippen LogP contribution in [-0.2, 0) is 4.79 Å². The van der Waals surface area contributed by atoms with Gasteiger partial charge >= 0.3 is 0 Å². The molecule has 0 unspecified atom stereocenters. The number of rotatable bonds is 4. The lowest BCUT2D eigenvalue weighted by Crippen LogP contribution is -2.13. The van der Waals surface area contributed by atoms with Crippen LogP contribution >= 0.6 is 15.9 Å². The van der Waals surface area contributed by atoms with Gasteiger partial charge in [0.25, 0.3) is 5.91 Å². The van der Waals surface area contributed by atoms with Crippen molar-refractivity contribution in [3.63, 3.8) is 0 Å². The molecular formula is C17H12BrFN2O2. The van der Waals surface area contributed by atoms with Gasteiger partial charge in [-0.15, -0.1) is 0 Å². The Kier molecular flexibility index (Phi) is 5.50. The second-order valence-corrected chi connectivity index (χ2v) is 5.38. The van der Waals surface area contributed by atoms with E-state index in [1.54, 1.807) is 25.3 Å². The zero-order valence-corrected chi connectivity index (χ0v) is 13.7. The Bertz CT molecular complexity index is 795. The summed E-state index contributed by atoms with van der Waals surface area (Å²) < 4.78 is 18.7. The molecule has 2 aromatic rings. The summed E-state index contributed by atoms with van der Waals surface area (Å²) in [7, 11) is 1.55. The molecule has 0 bridgehead atoms. The molecule has 0 fully saturated rings. The molecule has 0 spiro atoms. The highest BCUT2D eigenvalue weighted by Crippen LogP contribution is 2.26. The minimum absolute atomic E-state index is 0.0635. The number of hydrogen-bond donors (Lipinski definition) is 1. The number of hydrogen-bond acceptors (Lipinski definition) is 3. The summed E-state index contributed by atoms with van der Waals surface area (Å²) >= 11 is 3.34. The highest BCUT2D eigenvalue weighted by Gasteiger charge is 2.10. The number of carbonyl (C=O) groups is 1. The molecule has 0 aliphatic heterocycles. The minimum Gasteiger partial charge on any atom is -0.496 e. The number of halogens is 2. The quantitative estimate of drug-likeness (QED) is 0.645. The molecule has 0 atom stereocenters. The summed E-state index contributed by atoms with van der Waals surface area (Å²) in [6.45, 7) is 0. The summed E-state index contributed by atoms with van der Waals surface area (Å²) in [6, 6.07) is 12.4. The van der Waals surface area contributed by atoms with Crippen LogP contribution in [0.5, 0.6) is 5.75 Å². The summed E-state index contributed by atoms with van der Waals surface area (Å²) in [6.07, 6.45) is 1.46. The number of anilines is 1. The molecule has 0 aromatic heterocycles. The van der Waals surface area contributed by atoms with E-state index < -0.39 is 11.7 Å². The maximum absolute atomic E-state index is 12.8. The van der Waals surface area contributed by atoms with E-state index in [0.29, 0.717) is 21.5 Å². The molecule has 2 rings (SSSR count). The van der Waals surface area contributed by atoms with Crippen LogP contribution < -0.4 is 10.1 Å². The third-order valence-electron chi connectivity index (χ3n) is 2.95. The molecule has 0 saturated carbocycles. The fourth-order valence-corrected chi connectivity index (χ4v) is 2.38. The van der Waals surface area contributed by atoms with Crippen LogP contribution in [0.2, 0.25) is 0 Å². The predicted molar refractivity (Wildman–Crippen MR) is 89.3 cm³/mol. The highest BCUT2D eigenvalue weighted by molar-refractivity contribution is 9.10. The van der Waals surface area contributed by atoms with Crippen molar-refractivity contribution in [1.82, 2.24) is 0 Å². The van der Waals surface area contributed by atoms with Crippen LogP contribution in [0.1, 0.15) is 5.56 Å². The van der Waals surface area contributed by atoms with E-state index in [2.05, 4.69) is 21.2 Å². The number of nitrogens with one attached hydrogen (secondary N) is 1. The highest BCUT2D eigenvalue weighted by atomic mass is 79.9. The third-order valence-corrected chi connectivity index (χ3v) is 3.57. The average Bonchev–Trinajstić information content (AvgIpc) is 2.54. The van der Waals surface area contributed by atoms with Crippen molar-refractivity contribution in [2.24, 2.45) is 0 Å². The van der Waals surface area contributed by atoms with Crippen molar-refractivity contribution in [3.05, 3.63) is 63.9 Å². The zero-order chi connectivity index (χ0) is 16.8. The van der Waals surface area contributed by atoms with Crippen LogP contribution in [-0.4, -0.2) is 13.0 Å². The van der Waals surface area contributed by atoms with E-state index in [-0.39, 0.29) is 5.57 Å². The molecule has 0 radical (unpaired) electrons. The lowest BCUT2D eigenvalue weighted by atomic mass is 10.1. The van der Waals surface area contributed by atoms with Gasteiger partial charge < -0.3 is 10.1 Å². The van der Waals surface area contributed by atoms with Gasteiger partial charge in [-0.1, -0.05) is 6.07 Å². The normalized spacial score (nSPS) is 10.8. The van der Waals surface area contributed by atoms with Gasteiger partial charge in [0.15, 0.2) is 0 Å². The first-order valence-corrected chi connectivity index (χ1v) is 7.35. The second-order valence-electron chi connectivity index (χ2n) is 4.52. The van der Waals surface area contributed by atoms with Gasteiger partial charge in [0.1, 0.15) is 23.2 Å². The molecule has 0 heterocycles. The van der Waals surface area contributed by atoms with E-state index in [0.717, 1.165) is 0 Å². The average molecular weight is 375 g/mol. The van der Waals surface area contributed by atoms with E-state index in [1.807, 2.05) is 6.07 Å². The van der Waals surface area contributed by atoms with Crippen molar-refractivity contribution >= 4 is 33.6 Å². The Hall–Kier alpha value is -2.65. The van der Waals surface area contributed by atoms with Gasteiger partial charge in [-0.05, 0) is 64.0 Å². The number of ether oxygens (including phenoxy) is 1. The number of nitrogens with zero attached hydrogens (tertiary/aromatic N) is 1. The minimum atomic E-state index is -0.564. The molecule has 2 aromatic carbocycles. The van der Waals surface area contributed by atoms with Crippen molar-refractivity contribution in [3.8, 4) is 11.8 Å². The van der Waals surface area contributed by atoms with Gasteiger partial charge in [-0.3, -0.25) is 4.79 Å². The number of nitriles is 1. The maximum Gasteiger partial charge on any atom is 0.266 e. The Labute approximate surface area is 141 Å². The molecule has 1 amide bonds. The molecular weight excluding hydrogens is 363 g/mol.